The minimum absolute atomic E-state index is 0. The maximum absolute atomic E-state index is 9.59. The molecule has 0 aliphatic carbocycles. The van der Waals surface area contributed by atoms with Crippen molar-refractivity contribution < 1.29 is 19.1 Å². The number of amides is 1. The number of carbonyl (C=O) groups excluding carboxylic acids is 3. The number of aldehydes is 2. The second-order valence-corrected chi connectivity index (χ2v) is 2.99. The molecule has 0 rings (SSSR count). The van der Waals surface area contributed by atoms with Crippen LogP contribution < -0.4 is 16.0 Å². The Kier molecular flexibility index (Phi) is 137. The van der Waals surface area contributed by atoms with Crippen molar-refractivity contribution in [2.75, 3.05) is 47.4 Å². The van der Waals surface area contributed by atoms with Crippen LogP contribution in [0.25, 0.3) is 0 Å². The summed E-state index contributed by atoms with van der Waals surface area (Å²) in [4.78, 5) is 27.2. The molecule has 0 heterocycles. The molecule has 0 spiro atoms. The molecule has 0 unspecified atom stereocenters. The maximum Gasteiger partial charge on any atom is 0.220 e. The number of nitrogens with one attached hydrogen (secondary N) is 3. The fraction of sp³-hybridized carbons (Fsp3) is 0.556. The van der Waals surface area contributed by atoms with Gasteiger partial charge >= 0.3 is 0 Å². The van der Waals surface area contributed by atoms with Crippen molar-refractivity contribution in [2.24, 2.45) is 0 Å². The number of ether oxygens (including phenoxy) is 1. The van der Waals surface area contributed by atoms with Crippen LogP contribution in [-0.2, 0) is 19.1 Å². The van der Waals surface area contributed by atoms with Gasteiger partial charge in [-0.1, -0.05) is 21.3 Å². The lowest BCUT2D eigenvalue weighted by molar-refractivity contribution is -0.116. The van der Waals surface area contributed by atoms with Gasteiger partial charge in [-0.25, -0.2) is 0 Å². The maximum atomic E-state index is 9.59. The fourth-order valence-corrected chi connectivity index (χ4v) is 0.299. The lowest BCUT2D eigenvalue weighted by Gasteiger charge is -1.96. The Morgan fingerprint density at radius 2 is 1.32 bits per heavy atom. The summed E-state index contributed by atoms with van der Waals surface area (Å²) >= 11 is 0. The smallest absolute Gasteiger partial charge is 0.220 e. The molecule has 3 N–H and O–H groups in total. The minimum Gasteiger partial charge on any atom is -0.383 e. The Labute approximate surface area is 157 Å². The molecular weight excluding hydrogens is 322 g/mol. The van der Waals surface area contributed by atoms with Crippen LogP contribution in [0.5, 0.6) is 0 Å². The molecule has 0 bridgehead atoms. The molecule has 153 valence electrons. The van der Waals surface area contributed by atoms with E-state index in [1.807, 2.05) is 7.05 Å². The van der Waals surface area contributed by atoms with Gasteiger partial charge in [0.15, 0.2) is 0 Å². The Hall–Kier alpha value is -1.31. The Bertz CT molecular complexity index is 181. The lowest BCUT2D eigenvalue weighted by Crippen LogP contribution is -2.18. The third-order valence-electron chi connectivity index (χ3n) is 1.19. The van der Waals surface area contributed by atoms with Gasteiger partial charge in [0.1, 0.15) is 12.6 Å². The summed E-state index contributed by atoms with van der Waals surface area (Å²) in [5, 5.41) is 8.11. The van der Waals surface area contributed by atoms with Crippen molar-refractivity contribution in [1.29, 1.82) is 0 Å². The van der Waals surface area contributed by atoms with E-state index in [1.165, 1.54) is 20.9 Å². The van der Waals surface area contributed by atoms with Crippen molar-refractivity contribution >= 4 is 18.5 Å². The van der Waals surface area contributed by atoms with Crippen LogP contribution in [-0.4, -0.2) is 65.9 Å². The summed E-state index contributed by atoms with van der Waals surface area (Å²) in [5.41, 5.74) is 0. The molecule has 5 radical (unpaired) electrons. The summed E-state index contributed by atoms with van der Waals surface area (Å²) in [7, 11) is 5.09. The van der Waals surface area contributed by atoms with Crippen molar-refractivity contribution in [3.63, 3.8) is 0 Å². The Balaban J connectivity index is -0.0000000325. The van der Waals surface area contributed by atoms with E-state index in [1.54, 1.807) is 14.0 Å². The summed E-state index contributed by atoms with van der Waals surface area (Å²) in [6.07, 6.45) is 1.50. The highest BCUT2D eigenvalue weighted by atomic mass is 16.5. The molecular formula is C18H42N3O4. The predicted octanol–water partition coefficient (Wildman–Crippen LogP) is 1.36. The monoisotopic (exact) mass is 364 g/mol. The van der Waals surface area contributed by atoms with Crippen LogP contribution in [0.4, 0.5) is 0 Å². The average Bonchev–Trinajstić information content (AvgIpc) is 2.59. The molecule has 0 fully saturated rings. The first-order chi connectivity index (χ1) is 11.4. The highest BCUT2D eigenvalue weighted by molar-refractivity contribution is 5.79. The summed E-state index contributed by atoms with van der Waals surface area (Å²) in [5.74, 6) is -0.245. The SMILES string of the molecule is CC=O.CC=O.[CH2]C.[CH2]C(=O)NC.[CH2]CNC.[CH2]CNCCOC.[CH3]. The number of methoxy groups -OCH3 is 1. The molecule has 0 aromatic rings. The van der Waals surface area contributed by atoms with E-state index < -0.39 is 0 Å². The molecule has 0 saturated heterocycles. The fourth-order valence-electron chi connectivity index (χ4n) is 0.299. The average molecular weight is 365 g/mol. The largest absolute Gasteiger partial charge is 0.383 e. The Morgan fingerprint density at radius 3 is 1.44 bits per heavy atom. The second-order valence-electron chi connectivity index (χ2n) is 2.99. The van der Waals surface area contributed by atoms with Crippen LogP contribution in [0.3, 0.4) is 0 Å². The van der Waals surface area contributed by atoms with E-state index in [0.717, 1.165) is 38.8 Å². The predicted molar refractivity (Wildman–Crippen MR) is 110 cm³/mol. The molecule has 0 aliphatic heterocycles. The zero-order chi connectivity index (χ0) is 20.6. The van der Waals surface area contributed by atoms with Crippen LogP contribution >= 0.6 is 0 Å². The summed E-state index contributed by atoms with van der Waals surface area (Å²) in [6.45, 7) is 21.3. The summed E-state index contributed by atoms with van der Waals surface area (Å²) < 4.78 is 4.75. The van der Waals surface area contributed by atoms with Crippen LogP contribution in [0, 0.1) is 35.1 Å². The minimum atomic E-state index is -0.245. The standard InChI is InChI=1S/C5H12NO.C3H6NO.C3H8N.2C2H4O.C2H5.CH3/c1-3-6-4-5-7-2;1-3(5)4-2;1-3-4-2;2*1-2-3;1-2;/h6H,1,3-5H2,2H3;1H2,2H3,(H,4,5);4H,1,3H2,2H3;2*2H,1H3;1H2,2H3;1H3. The summed E-state index contributed by atoms with van der Waals surface area (Å²) in [6, 6.07) is 0. The quantitative estimate of drug-likeness (QED) is 0.503. The first-order valence-corrected chi connectivity index (χ1v) is 7.40. The van der Waals surface area contributed by atoms with Gasteiger partial charge in [0.25, 0.3) is 0 Å². The molecule has 0 saturated carbocycles. The van der Waals surface area contributed by atoms with Crippen molar-refractivity contribution in [1.82, 2.24) is 16.0 Å². The normalized spacial score (nSPS) is 6.48. The van der Waals surface area contributed by atoms with Gasteiger partial charge in [0.2, 0.25) is 5.91 Å². The van der Waals surface area contributed by atoms with Gasteiger partial charge in [-0.2, -0.15) is 0 Å². The van der Waals surface area contributed by atoms with Crippen molar-refractivity contribution in [3.8, 4) is 0 Å². The Morgan fingerprint density at radius 1 is 1.04 bits per heavy atom. The van der Waals surface area contributed by atoms with Gasteiger partial charge in [-0.05, 0) is 47.8 Å². The molecule has 0 atom stereocenters. The molecule has 0 aromatic heterocycles. The number of hydrogen-bond acceptors (Lipinski definition) is 6. The van der Waals surface area contributed by atoms with Crippen molar-refractivity contribution in [3.05, 3.63) is 35.1 Å². The zero-order valence-corrected chi connectivity index (χ0v) is 17.4. The van der Waals surface area contributed by atoms with E-state index in [-0.39, 0.29) is 13.3 Å². The first-order valence-electron chi connectivity index (χ1n) is 7.40. The highest BCUT2D eigenvalue weighted by Crippen LogP contribution is 1.60. The number of hydrogen-bond donors (Lipinski definition) is 3. The van der Waals surface area contributed by atoms with E-state index in [9.17, 15) is 4.79 Å². The lowest BCUT2D eigenvalue weighted by atomic mass is 10.6. The van der Waals surface area contributed by atoms with Crippen LogP contribution in [0.1, 0.15) is 20.8 Å². The second kappa shape index (κ2) is 78.1. The number of rotatable bonds is 5. The molecule has 25 heavy (non-hydrogen) atoms. The van der Waals surface area contributed by atoms with Gasteiger partial charge < -0.3 is 30.3 Å². The van der Waals surface area contributed by atoms with E-state index in [4.69, 9.17) is 14.3 Å². The van der Waals surface area contributed by atoms with Crippen LogP contribution in [0.15, 0.2) is 0 Å². The third kappa shape index (κ3) is 300. The van der Waals surface area contributed by atoms with Crippen LogP contribution in [0.2, 0.25) is 0 Å². The number of carbonyl (C=O) groups is 3. The van der Waals surface area contributed by atoms with Gasteiger partial charge in [0.05, 0.1) is 6.61 Å². The van der Waals surface area contributed by atoms with Crippen molar-refractivity contribution in [2.45, 2.75) is 20.8 Å². The zero-order valence-electron chi connectivity index (χ0n) is 17.4. The first kappa shape index (κ1) is 43.8. The van der Waals surface area contributed by atoms with E-state index >= 15 is 0 Å². The molecule has 7 heteroatoms. The third-order valence-corrected chi connectivity index (χ3v) is 1.19. The highest BCUT2D eigenvalue weighted by Gasteiger charge is 1.76. The molecule has 1 amide bonds. The molecule has 0 aromatic carbocycles. The van der Waals surface area contributed by atoms with Gasteiger partial charge in [-0.15, -0.1) is 0 Å². The van der Waals surface area contributed by atoms with Gasteiger partial charge in [0, 0.05) is 27.6 Å². The van der Waals surface area contributed by atoms with E-state index in [2.05, 4.69) is 43.6 Å². The van der Waals surface area contributed by atoms with Gasteiger partial charge in [-0.3, -0.25) is 4.79 Å². The van der Waals surface area contributed by atoms with E-state index in [0.29, 0.717) is 0 Å². The molecule has 7 nitrogen and oxygen atoms in total. The topological polar surface area (TPSA) is 96.5 Å². The molecule has 0 aliphatic rings.